The third kappa shape index (κ3) is 5.85. The molecule has 10 aromatic rings. The van der Waals surface area contributed by atoms with Crippen LogP contribution < -0.4 is 9.80 Å². The van der Waals surface area contributed by atoms with E-state index in [0.717, 1.165) is 34.1 Å². The van der Waals surface area contributed by atoms with Crippen molar-refractivity contribution >= 4 is 66.4 Å². The summed E-state index contributed by atoms with van der Waals surface area (Å²) in [5, 5.41) is 7.37. The van der Waals surface area contributed by atoms with Gasteiger partial charge in [0.2, 0.25) is 0 Å². The van der Waals surface area contributed by atoms with Crippen LogP contribution in [0.25, 0.3) is 54.6 Å². The highest BCUT2D eigenvalue weighted by atomic mass is 15.1. The van der Waals surface area contributed by atoms with Gasteiger partial charge < -0.3 is 9.80 Å². The number of nitrogens with zero attached hydrogens (tertiary/aromatic N) is 2. The largest absolute Gasteiger partial charge is 0.311 e. The molecular formula is C54H38N2. The average Bonchev–Trinajstić information content (AvgIpc) is 3.28. The summed E-state index contributed by atoms with van der Waals surface area (Å²) < 4.78 is 0. The van der Waals surface area contributed by atoms with Crippen molar-refractivity contribution in [3.05, 3.63) is 231 Å². The minimum atomic E-state index is 1.11. The van der Waals surface area contributed by atoms with E-state index < -0.39 is 0 Å². The molecule has 0 saturated heterocycles. The summed E-state index contributed by atoms with van der Waals surface area (Å²) in [7, 11) is 0. The third-order valence-corrected chi connectivity index (χ3v) is 10.8. The second-order valence-corrected chi connectivity index (χ2v) is 14.1. The van der Waals surface area contributed by atoms with Gasteiger partial charge in [-0.1, -0.05) is 164 Å². The summed E-state index contributed by atoms with van der Waals surface area (Å²) in [6.07, 6.45) is 0. The molecule has 56 heavy (non-hydrogen) atoms. The number of anilines is 6. The lowest BCUT2D eigenvalue weighted by atomic mass is 9.84. The van der Waals surface area contributed by atoms with Crippen LogP contribution in [0.3, 0.4) is 0 Å². The Hall–Kier alpha value is -7.42. The molecule has 0 aliphatic carbocycles. The highest BCUT2D eigenvalue weighted by Gasteiger charge is 2.21. The van der Waals surface area contributed by atoms with E-state index in [1.54, 1.807) is 0 Å². The first-order valence-corrected chi connectivity index (χ1v) is 19.2. The number of benzene rings is 10. The Labute approximate surface area is 327 Å². The topological polar surface area (TPSA) is 6.48 Å². The second kappa shape index (κ2) is 14.4. The van der Waals surface area contributed by atoms with E-state index in [0.29, 0.717) is 0 Å². The Morgan fingerprint density at radius 2 is 0.554 bits per heavy atom. The molecule has 0 N–H and O–H groups in total. The highest BCUT2D eigenvalue weighted by Crippen LogP contribution is 2.48. The van der Waals surface area contributed by atoms with Crippen LogP contribution in [0.4, 0.5) is 34.1 Å². The molecule has 0 fully saturated rings. The van der Waals surface area contributed by atoms with Gasteiger partial charge in [-0.25, -0.2) is 0 Å². The van der Waals surface area contributed by atoms with E-state index in [2.05, 4.69) is 240 Å². The normalized spacial score (nSPS) is 11.2. The van der Waals surface area contributed by atoms with Crippen molar-refractivity contribution in [3.63, 3.8) is 0 Å². The molecule has 0 radical (unpaired) electrons. The summed E-state index contributed by atoms with van der Waals surface area (Å²) in [6.45, 7) is 0. The van der Waals surface area contributed by atoms with Crippen LogP contribution in [0.1, 0.15) is 0 Å². The molecule has 2 heteroatoms. The lowest BCUT2D eigenvalue weighted by Gasteiger charge is -2.28. The van der Waals surface area contributed by atoms with Gasteiger partial charge in [0.1, 0.15) is 0 Å². The lowest BCUT2D eigenvalue weighted by Crippen LogP contribution is -2.10. The zero-order valence-corrected chi connectivity index (χ0v) is 30.8. The fourth-order valence-electron chi connectivity index (χ4n) is 8.39. The summed E-state index contributed by atoms with van der Waals surface area (Å²) in [4.78, 5) is 4.68. The fourth-order valence-corrected chi connectivity index (χ4v) is 8.39. The van der Waals surface area contributed by atoms with Gasteiger partial charge in [0.25, 0.3) is 0 Å². The highest BCUT2D eigenvalue weighted by molar-refractivity contribution is 6.24. The fraction of sp³-hybridized carbons (Fsp3) is 0. The first-order valence-electron chi connectivity index (χ1n) is 19.2. The van der Waals surface area contributed by atoms with E-state index >= 15 is 0 Å². The van der Waals surface area contributed by atoms with Crippen molar-refractivity contribution < 1.29 is 0 Å². The van der Waals surface area contributed by atoms with E-state index in [1.165, 1.54) is 54.6 Å². The molecule has 0 amide bonds. The van der Waals surface area contributed by atoms with Crippen molar-refractivity contribution in [3.8, 4) is 22.3 Å². The number of fused-ring (bicyclic) bond motifs is 3. The molecular weight excluding hydrogens is 677 g/mol. The van der Waals surface area contributed by atoms with Crippen LogP contribution >= 0.6 is 0 Å². The van der Waals surface area contributed by atoms with Crippen molar-refractivity contribution in [1.82, 2.24) is 0 Å². The predicted octanol–water partition coefficient (Wildman–Crippen LogP) is 15.4. The standard InChI is InChI=1S/C54H38N2/c1-5-19-40(20-6-1)55(41-21-7-2-8-22-41)44-35-33-39(34-36-44)53-47-29-15-17-31-49(47)54(50-32-18-16-30-48(50)53)51-37-38-52(46-28-14-13-27-45(46)51)56(42-23-9-3-10-24-42)43-25-11-4-12-26-43/h1-38H. The number of hydrogen-bond donors (Lipinski definition) is 0. The average molecular weight is 715 g/mol. The van der Waals surface area contributed by atoms with Crippen LogP contribution in [0.5, 0.6) is 0 Å². The van der Waals surface area contributed by atoms with Gasteiger partial charge >= 0.3 is 0 Å². The SMILES string of the molecule is c1ccc(N(c2ccccc2)c2ccc(-c3c4ccccc4c(-c4ccc(N(c5ccccc5)c5ccccc5)c5ccccc45)c4ccccc34)cc2)cc1. The van der Waals surface area contributed by atoms with E-state index in [9.17, 15) is 0 Å². The van der Waals surface area contributed by atoms with Crippen LogP contribution in [0.2, 0.25) is 0 Å². The van der Waals surface area contributed by atoms with Crippen molar-refractivity contribution in [2.24, 2.45) is 0 Å². The molecule has 0 aliphatic rings. The molecule has 2 nitrogen and oxygen atoms in total. The zero-order chi connectivity index (χ0) is 37.3. The van der Waals surface area contributed by atoms with Crippen LogP contribution in [-0.2, 0) is 0 Å². The van der Waals surface area contributed by atoms with Gasteiger partial charge in [-0.2, -0.15) is 0 Å². The Morgan fingerprint density at radius 3 is 1.00 bits per heavy atom. The third-order valence-electron chi connectivity index (χ3n) is 10.8. The number of para-hydroxylation sites is 4. The van der Waals surface area contributed by atoms with E-state index in [-0.39, 0.29) is 0 Å². The number of hydrogen-bond acceptors (Lipinski definition) is 2. The summed E-state index contributed by atoms with van der Waals surface area (Å²) >= 11 is 0. The Morgan fingerprint density at radius 1 is 0.214 bits per heavy atom. The molecule has 0 unspecified atom stereocenters. The van der Waals surface area contributed by atoms with Crippen molar-refractivity contribution in [2.45, 2.75) is 0 Å². The summed E-state index contributed by atoms with van der Waals surface area (Å²) in [6, 6.07) is 82.9. The van der Waals surface area contributed by atoms with Gasteiger partial charge in [-0.3, -0.25) is 0 Å². The Balaban J connectivity index is 1.16. The maximum atomic E-state index is 2.37. The van der Waals surface area contributed by atoms with Gasteiger partial charge in [0.05, 0.1) is 5.69 Å². The molecule has 0 aromatic heterocycles. The zero-order valence-electron chi connectivity index (χ0n) is 30.8. The predicted molar refractivity (Wildman–Crippen MR) is 239 cm³/mol. The number of rotatable bonds is 8. The molecule has 10 aromatic carbocycles. The van der Waals surface area contributed by atoms with Crippen LogP contribution in [0, 0.1) is 0 Å². The first-order chi connectivity index (χ1) is 27.8. The monoisotopic (exact) mass is 714 g/mol. The molecule has 0 bridgehead atoms. The smallest absolute Gasteiger partial charge is 0.0540 e. The van der Waals surface area contributed by atoms with Crippen LogP contribution in [-0.4, -0.2) is 0 Å². The minimum Gasteiger partial charge on any atom is -0.311 e. The Bertz CT molecular complexity index is 2810. The lowest BCUT2D eigenvalue weighted by molar-refractivity contribution is 1.28. The van der Waals surface area contributed by atoms with Crippen molar-refractivity contribution in [1.29, 1.82) is 0 Å². The van der Waals surface area contributed by atoms with Gasteiger partial charge in [-0.15, -0.1) is 0 Å². The Kier molecular flexibility index (Phi) is 8.55. The first kappa shape index (κ1) is 33.2. The maximum absolute atomic E-state index is 2.37. The van der Waals surface area contributed by atoms with Crippen LogP contribution in [0.15, 0.2) is 231 Å². The minimum absolute atomic E-state index is 1.11. The van der Waals surface area contributed by atoms with Gasteiger partial charge in [0.15, 0.2) is 0 Å². The quantitative estimate of drug-likeness (QED) is 0.145. The molecule has 10 rings (SSSR count). The molecule has 0 spiro atoms. The second-order valence-electron chi connectivity index (χ2n) is 14.1. The molecule has 0 heterocycles. The summed E-state index contributed by atoms with van der Waals surface area (Å²) in [5.41, 5.74) is 11.7. The van der Waals surface area contributed by atoms with E-state index in [1.807, 2.05) is 0 Å². The van der Waals surface area contributed by atoms with Gasteiger partial charge in [0, 0.05) is 33.8 Å². The molecule has 0 saturated carbocycles. The molecule has 264 valence electrons. The molecule has 0 aliphatic heterocycles. The van der Waals surface area contributed by atoms with E-state index in [4.69, 9.17) is 0 Å². The summed E-state index contributed by atoms with van der Waals surface area (Å²) in [5.74, 6) is 0. The van der Waals surface area contributed by atoms with Gasteiger partial charge in [-0.05, 0) is 116 Å². The molecule has 0 atom stereocenters. The maximum Gasteiger partial charge on any atom is 0.0540 e. The van der Waals surface area contributed by atoms with Crippen molar-refractivity contribution in [2.75, 3.05) is 9.80 Å².